The van der Waals surface area contributed by atoms with E-state index in [1.54, 1.807) is 0 Å². The molecule has 0 spiro atoms. The molecule has 0 aliphatic rings. The predicted octanol–water partition coefficient (Wildman–Crippen LogP) is -0.244. The number of hydrogen-bond acceptors (Lipinski definition) is 3. The normalized spacial score (nSPS) is 10.3. The van der Waals surface area contributed by atoms with E-state index in [4.69, 9.17) is 5.73 Å². The lowest BCUT2D eigenvalue weighted by Gasteiger charge is -2.08. The fourth-order valence-electron chi connectivity index (χ4n) is 1.12. The highest BCUT2D eigenvalue weighted by Gasteiger charge is 2.01. The number of carbonyl (C=O) groups excluding carboxylic acids is 2. The van der Waals surface area contributed by atoms with Crippen molar-refractivity contribution in [3.63, 3.8) is 0 Å². The largest absolute Gasteiger partial charge is 0.370 e. The highest BCUT2D eigenvalue weighted by atomic mass is 16.2. The van der Waals surface area contributed by atoms with Gasteiger partial charge in [0.05, 0.1) is 6.54 Å². The summed E-state index contributed by atoms with van der Waals surface area (Å²) < 4.78 is 0. The van der Waals surface area contributed by atoms with Gasteiger partial charge in [-0.05, 0) is 33.2 Å². The van der Waals surface area contributed by atoms with Crippen LogP contribution in [0, 0.1) is 0 Å². The molecular weight excluding hydrogens is 194 g/mol. The van der Waals surface area contributed by atoms with Gasteiger partial charge >= 0.3 is 0 Å². The van der Waals surface area contributed by atoms with E-state index >= 15 is 0 Å². The van der Waals surface area contributed by atoms with Crippen LogP contribution in [0.25, 0.3) is 0 Å². The lowest BCUT2D eigenvalue weighted by Crippen LogP contribution is -2.37. The molecule has 0 radical (unpaired) electrons. The molecule has 0 fully saturated rings. The molecule has 0 aliphatic carbocycles. The minimum Gasteiger partial charge on any atom is -0.370 e. The molecule has 0 saturated carbocycles. The number of unbranched alkanes of at least 4 members (excludes halogenated alkanes) is 1. The molecule has 0 bridgehead atoms. The van der Waals surface area contributed by atoms with Crippen molar-refractivity contribution in [2.45, 2.75) is 39.2 Å². The molecule has 15 heavy (non-hydrogen) atoms. The Labute approximate surface area is 90.8 Å². The van der Waals surface area contributed by atoms with E-state index in [9.17, 15) is 9.59 Å². The summed E-state index contributed by atoms with van der Waals surface area (Å²) in [6.45, 7) is 4.91. The van der Waals surface area contributed by atoms with Crippen LogP contribution >= 0.6 is 0 Å². The molecule has 2 amide bonds. The summed E-state index contributed by atoms with van der Waals surface area (Å²) >= 11 is 0. The molecule has 4 N–H and O–H groups in total. The van der Waals surface area contributed by atoms with E-state index in [0.717, 1.165) is 19.4 Å². The van der Waals surface area contributed by atoms with Crippen molar-refractivity contribution >= 4 is 11.8 Å². The van der Waals surface area contributed by atoms with Gasteiger partial charge in [-0.3, -0.25) is 9.59 Å². The molecule has 88 valence electrons. The Morgan fingerprint density at radius 2 is 1.93 bits per heavy atom. The van der Waals surface area contributed by atoms with E-state index < -0.39 is 0 Å². The highest BCUT2D eigenvalue weighted by molar-refractivity contribution is 5.78. The van der Waals surface area contributed by atoms with E-state index in [-0.39, 0.29) is 17.9 Å². The fraction of sp³-hybridized carbons (Fsp3) is 0.800. The van der Waals surface area contributed by atoms with Crippen LogP contribution < -0.4 is 16.4 Å². The van der Waals surface area contributed by atoms with Gasteiger partial charge in [-0.15, -0.1) is 0 Å². The molecule has 5 heteroatoms. The lowest BCUT2D eigenvalue weighted by molar-refractivity contribution is -0.121. The lowest BCUT2D eigenvalue weighted by atomic mass is 10.2. The summed E-state index contributed by atoms with van der Waals surface area (Å²) in [5.41, 5.74) is 4.99. The van der Waals surface area contributed by atoms with Crippen LogP contribution in [0.3, 0.4) is 0 Å². The average molecular weight is 215 g/mol. The first-order chi connectivity index (χ1) is 7.02. The van der Waals surface area contributed by atoms with E-state index in [1.807, 2.05) is 13.8 Å². The molecule has 0 rings (SSSR count). The predicted molar refractivity (Wildman–Crippen MR) is 59.2 cm³/mol. The fourth-order valence-corrected chi connectivity index (χ4v) is 1.12. The summed E-state index contributed by atoms with van der Waals surface area (Å²) in [6.07, 6.45) is 2.05. The van der Waals surface area contributed by atoms with Gasteiger partial charge in [0, 0.05) is 12.5 Å². The minimum atomic E-state index is -0.271. The first-order valence-corrected chi connectivity index (χ1v) is 5.30. The van der Waals surface area contributed by atoms with Gasteiger partial charge in [0.25, 0.3) is 0 Å². The number of nitrogens with one attached hydrogen (secondary N) is 2. The number of carbonyl (C=O) groups is 2. The van der Waals surface area contributed by atoms with E-state index in [2.05, 4.69) is 10.6 Å². The molecule has 0 aromatic heterocycles. The molecule has 5 nitrogen and oxygen atoms in total. The zero-order chi connectivity index (χ0) is 11.7. The van der Waals surface area contributed by atoms with Crippen LogP contribution in [0.2, 0.25) is 0 Å². The van der Waals surface area contributed by atoms with Gasteiger partial charge in [-0.25, -0.2) is 0 Å². The van der Waals surface area contributed by atoms with Crippen LogP contribution in [0.5, 0.6) is 0 Å². The van der Waals surface area contributed by atoms with Gasteiger partial charge in [0.2, 0.25) is 11.8 Å². The Balaban J connectivity index is 3.24. The maximum absolute atomic E-state index is 11.1. The molecule has 0 aromatic rings. The van der Waals surface area contributed by atoms with Crippen LogP contribution in [0.1, 0.15) is 33.1 Å². The van der Waals surface area contributed by atoms with Crippen molar-refractivity contribution in [1.82, 2.24) is 10.6 Å². The Bertz CT molecular complexity index is 205. The van der Waals surface area contributed by atoms with Gasteiger partial charge in [-0.1, -0.05) is 0 Å². The molecule has 0 heterocycles. The molecule has 0 saturated heterocycles. The van der Waals surface area contributed by atoms with Crippen molar-refractivity contribution in [2.75, 3.05) is 13.1 Å². The molecular formula is C10H21N3O2. The van der Waals surface area contributed by atoms with Crippen LogP contribution in [-0.4, -0.2) is 30.9 Å². The number of nitrogens with two attached hydrogens (primary N) is 1. The zero-order valence-corrected chi connectivity index (χ0v) is 9.51. The van der Waals surface area contributed by atoms with Crippen LogP contribution in [-0.2, 0) is 9.59 Å². The molecule has 0 aliphatic heterocycles. The second-order valence-corrected chi connectivity index (χ2v) is 3.82. The number of amides is 2. The van der Waals surface area contributed by atoms with E-state index in [1.165, 1.54) is 0 Å². The Morgan fingerprint density at radius 3 is 2.47 bits per heavy atom. The smallest absolute Gasteiger partial charge is 0.234 e. The zero-order valence-electron chi connectivity index (χ0n) is 9.51. The summed E-state index contributed by atoms with van der Waals surface area (Å²) in [5, 5.41) is 5.78. The maximum atomic E-state index is 11.1. The van der Waals surface area contributed by atoms with Crippen molar-refractivity contribution in [3.05, 3.63) is 0 Å². The van der Waals surface area contributed by atoms with Gasteiger partial charge in [0.15, 0.2) is 0 Å². The van der Waals surface area contributed by atoms with Crippen LogP contribution in [0.15, 0.2) is 0 Å². The van der Waals surface area contributed by atoms with Gasteiger partial charge in [-0.2, -0.15) is 0 Å². The highest BCUT2D eigenvalue weighted by Crippen LogP contribution is 1.91. The van der Waals surface area contributed by atoms with Gasteiger partial charge < -0.3 is 16.4 Å². The summed E-state index contributed by atoms with van der Waals surface area (Å²) in [5.74, 6) is -0.271. The Morgan fingerprint density at radius 1 is 1.27 bits per heavy atom. The van der Waals surface area contributed by atoms with Crippen LogP contribution in [0.4, 0.5) is 0 Å². The third-order valence-corrected chi connectivity index (χ3v) is 1.76. The average Bonchev–Trinajstić information content (AvgIpc) is 2.09. The van der Waals surface area contributed by atoms with Crippen molar-refractivity contribution in [3.8, 4) is 0 Å². The third-order valence-electron chi connectivity index (χ3n) is 1.76. The van der Waals surface area contributed by atoms with Crippen molar-refractivity contribution in [1.29, 1.82) is 0 Å². The molecule has 0 unspecified atom stereocenters. The number of rotatable bonds is 8. The quantitative estimate of drug-likeness (QED) is 0.488. The maximum Gasteiger partial charge on any atom is 0.234 e. The topological polar surface area (TPSA) is 84.2 Å². The third kappa shape index (κ3) is 10.8. The Hall–Kier alpha value is -1.10. The van der Waals surface area contributed by atoms with E-state index in [0.29, 0.717) is 13.0 Å². The van der Waals surface area contributed by atoms with Crippen molar-refractivity contribution < 1.29 is 9.59 Å². The number of hydrogen-bond donors (Lipinski definition) is 3. The monoisotopic (exact) mass is 215 g/mol. The standard InChI is InChI=1S/C10H21N3O2/c1-8(2)13-10(15)7-12-6-4-3-5-9(11)14/h8,12H,3-7H2,1-2H3,(H2,11,14)(H,13,15). The SMILES string of the molecule is CC(C)NC(=O)CNCCCCC(N)=O. The van der Waals surface area contributed by atoms with Gasteiger partial charge in [0.1, 0.15) is 0 Å². The van der Waals surface area contributed by atoms with Crippen molar-refractivity contribution in [2.24, 2.45) is 5.73 Å². The first kappa shape index (κ1) is 13.9. The first-order valence-electron chi connectivity index (χ1n) is 5.30. The summed E-state index contributed by atoms with van der Waals surface area (Å²) in [7, 11) is 0. The Kier molecular flexibility index (Phi) is 7.62. The molecule has 0 aromatic carbocycles. The second kappa shape index (κ2) is 8.23. The summed E-state index contributed by atoms with van der Waals surface area (Å²) in [6, 6.07) is 0.175. The minimum absolute atomic E-state index is 0.0000914. The molecule has 0 atom stereocenters. The second-order valence-electron chi connectivity index (χ2n) is 3.82. The number of primary amides is 1. The summed E-state index contributed by atoms with van der Waals surface area (Å²) in [4.78, 5) is 21.5.